The van der Waals surface area contributed by atoms with Crippen LogP contribution in [0, 0.1) is 5.92 Å². The van der Waals surface area contributed by atoms with Gasteiger partial charge in [0.25, 0.3) is 10.0 Å². The van der Waals surface area contributed by atoms with Gasteiger partial charge in [-0.05, 0) is 56.3 Å². The molecule has 1 aliphatic heterocycles. The van der Waals surface area contributed by atoms with E-state index in [-0.39, 0.29) is 40.2 Å². The highest BCUT2D eigenvalue weighted by atomic mass is 32.2. The lowest BCUT2D eigenvalue weighted by Crippen LogP contribution is -2.30. The lowest BCUT2D eigenvalue weighted by atomic mass is 10.1. The lowest BCUT2D eigenvalue weighted by Gasteiger charge is -2.19. The van der Waals surface area contributed by atoms with Crippen LogP contribution in [0.2, 0.25) is 0 Å². The summed E-state index contributed by atoms with van der Waals surface area (Å²) in [6.07, 6.45) is 0. The molecule has 166 valence electrons. The molecule has 0 bridgehead atoms. The number of ether oxygens (including phenoxy) is 1. The van der Waals surface area contributed by atoms with E-state index in [9.17, 15) is 26.4 Å². The Morgan fingerprint density at radius 2 is 1.84 bits per heavy atom. The van der Waals surface area contributed by atoms with Crippen LogP contribution < -0.4 is 13.8 Å². The van der Waals surface area contributed by atoms with Crippen LogP contribution in [-0.2, 0) is 24.8 Å². The molecule has 1 fully saturated rings. The number of benzene rings is 2. The van der Waals surface area contributed by atoms with Gasteiger partial charge in [-0.25, -0.2) is 21.1 Å². The third-order valence-corrected chi connectivity index (χ3v) is 7.93. The number of hydrogen-bond acceptors (Lipinski definition) is 7. The summed E-state index contributed by atoms with van der Waals surface area (Å²) in [6.45, 7) is 4.74. The largest absolute Gasteiger partial charge is 0.492 e. The van der Waals surface area contributed by atoms with E-state index >= 15 is 0 Å². The summed E-state index contributed by atoms with van der Waals surface area (Å²) in [6, 6.07) is 9.60. The number of nitrogens with one attached hydrogen (secondary N) is 1. The van der Waals surface area contributed by atoms with Gasteiger partial charge in [-0.3, -0.25) is 14.3 Å². The Labute approximate surface area is 181 Å². The first kappa shape index (κ1) is 22.8. The van der Waals surface area contributed by atoms with Gasteiger partial charge in [0.05, 0.1) is 24.0 Å². The van der Waals surface area contributed by atoms with Gasteiger partial charge in [-0.2, -0.15) is 0 Å². The Balaban J connectivity index is 2.04. The van der Waals surface area contributed by atoms with Crippen LogP contribution in [0.5, 0.6) is 5.75 Å². The zero-order valence-corrected chi connectivity index (χ0v) is 18.8. The standard InChI is InChI=1S/C20H22N2O7S2/c1-4-29-18-10-9-17(22-20(24)13(2)12-30(22,25)26)11-19(18)31(27,28)21-16-7-5-15(6-8-16)14(3)23/h5-11,13,21H,4,12H2,1-3H3. The number of nitrogens with zero attached hydrogens (tertiary/aromatic N) is 1. The smallest absolute Gasteiger partial charge is 0.265 e. The van der Waals surface area contributed by atoms with E-state index in [0.29, 0.717) is 9.87 Å². The molecular weight excluding hydrogens is 444 g/mol. The zero-order valence-electron chi connectivity index (χ0n) is 17.2. The number of ketones is 1. The average Bonchev–Trinajstić information content (AvgIpc) is 2.89. The molecule has 0 radical (unpaired) electrons. The number of hydrogen-bond donors (Lipinski definition) is 1. The molecule has 1 aliphatic rings. The topological polar surface area (TPSA) is 127 Å². The molecule has 3 rings (SSSR count). The Morgan fingerprint density at radius 3 is 2.35 bits per heavy atom. The fourth-order valence-electron chi connectivity index (χ4n) is 3.18. The fraction of sp³-hybridized carbons (Fsp3) is 0.300. The van der Waals surface area contributed by atoms with Crippen LogP contribution >= 0.6 is 0 Å². The van der Waals surface area contributed by atoms with Gasteiger partial charge in [0, 0.05) is 11.3 Å². The van der Waals surface area contributed by atoms with Gasteiger partial charge >= 0.3 is 0 Å². The van der Waals surface area contributed by atoms with Crippen molar-refractivity contribution in [3.8, 4) is 5.75 Å². The third kappa shape index (κ3) is 4.57. The van der Waals surface area contributed by atoms with Crippen LogP contribution in [0.4, 0.5) is 11.4 Å². The molecule has 11 heteroatoms. The maximum absolute atomic E-state index is 13.1. The van der Waals surface area contributed by atoms with E-state index in [0.717, 1.165) is 6.07 Å². The van der Waals surface area contributed by atoms with Crippen LogP contribution in [0.15, 0.2) is 47.4 Å². The summed E-state index contributed by atoms with van der Waals surface area (Å²) in [4.78, 5) is 23.5. The monoisotopic (exact) mass is 466 g/mol. The van der Waals surface area contributed by atoms with Crippen LogP contribution in [0.1, 0.15) is 31.1 Å². The van der Waals surface area contributed by atoms with Crippen molar-refractivity contribution in [3.63, 3.8) is 0 Å². The highest BCUT2D eigenvalue weighted by molar-refractivity contribution is 7.94. The summed E-state index contributed by atoms with van der Waals surface area (Å²) >= 11 is 0. The number of carbonyl (C=O) groups excluding carboxylic acids is 2. The number of carbonyl (C=O) groups is 2. The highest BCUT2D eigenvalue weighted by Gasteiger charge is 2.42. The number of sulfonamides is 2. The van der Waals surface area contributed by atoms with Crippen molar-refractivity contribution in [2.45, 2.75) is 25.7 Å². The highest BCUT2D eigenvalue weighted by Crippen LogP contribution is 2.34. The molecule has 1 amide bonds. The summed E-state index contributed by atoms with van der Waals surface area (Å²) in [5.41, 5.74) is 0.549. The molecule has 1 heterocycles. The van der Waals surface area contributed by atoms with Crippen molar-refractivity contribution in [1.82, 2.24) is 0 Å². The van der Waals surface area contributed by atoms with Crippen LogP contribution in [-0.4, -0.2) is 40.9 Å². The second-order valence-electron chi connectivity index (χ2n) is 7.09. The maximum Gasteiger partial charge on any atom is 0.265 e. The SMILES string of the molecule is CCOc1ccc(N2C(=O)C(C)CS2(=O)=O)cc1S(=O)(=O)Nc1ccc(C(C)=O)cc1. The van der Waals surface area contributed by atoms with Crippen molar-refractivity contribution in [3.05, 3.63) is 48.0 Å². The first-order valence-corrected chi connectivity index (χ1v) is 12.5. The van der Waals surface area contributed by atoms with E-state index in [2.05, 4.69) is 4.72 Å². The number of rotatable bonds is 7. The molecule has 1 saturated heterocycles. The summed E-state index contributed by atoms with van der Waals surface area (Å²) < 4.78 is 59.4. The Bertz CT molecular complexity index is 1240. The lowest BCUT2D eigenvalue weighted by molar-refractivity contribution is -0.119. The van der Waals surface area contributed by atoms with E-state index in [1.54, 1.807) is 6.92 Å². The second-order valence-corrected chi connectivity index (χ2v) is 10.6. The van der Waals surface area contributed by atoms with E-state index in [1.165, 1.54) is 50.2 Å². The van der Waals surface area contributed by atoms with Crippen molar-refractivity contribution >= 4 is 43.1 Å². The molecule has 9 nitrogen and oxygen atoms in total. The molecule has 0 saturated carbocycles. The van der Waals surface area contributed by atoms with Gasteiger partial charge in [0.15, 0.2) is 5.78 Å². The molecule has 0 aromatic heterocycles. The van der Waals surface area contributed by atoms with Crippen molar-refractivity contribution in [1.29, 1.82) is 0 Å². The van der Waals surface area contributed by atoms with E-state index < -0.39 is 31.9 Å². The Kier molecular flexibility index (Phi) is 6.10. The van der Waals surface area contributed by atoms with Gasteiger partial charge in [-0.15, -0.1) is 0 Å². The molecule has 0 aliphatic carbocycles. The summed E-state index contributed by atoms with van der Waals surface area (Å²) in [7, 11) is -8.11. The predicted octanol–water partition coefficient (Wildman–Crippen LogP) is 2.40. The summed E-state index contributed by atoms with van der Waals surface area (Å²) in [5, 5.41) is 0. The van der Waals surface area contributed by atoms with Gasteiger partial charge in [-0.1, -0.05) is 6.92 Å². The molecule has 1 N–H and O–H groups in total. The fourth-order valence-corrected chi connectivity index (χ4v) is 6.21. The van der Waals surface area contributed by atoms with Crippen LogP contribution in [0.25, 0.3) is 0 Å². The quantitative estimate of drug-likeness (QED) is 0.621. The molecular formula is C20H22N2O7S2. The first-order valence-electron chi connectivity index (χ1n) is 9.44. The van der Waals surface area contributed by atoms with Crippen molar-refractivity contribution in [2.24, 2.45) is 5.92 Å². The number of anilines is 2. The zero-order chi connectivity index (χ0) is 23.0. The number of amides is 1. The van der Waals surface area contributed by atoms with Gasteiger partial charge in [0.1, 0.15) is 10.6 Å². The Morgan fingerprint density at radius 1 is 1.19 bits per heavy atom. The van der Waals surface area contributed by atoms with Crippen LogP contribution in [0.3, 0.4) is 0 Å². The molecule has 0 spiro atoms. The third-order valence-electron chi connectivity index (χ3n) is 4.66. The molecule has 31 heavy (non-hydrogen) atoms. The maximum atomic E-state index is 13.1. The van der Waals surface area contributed by atoms with Crippen molar-refractivity contribution < 1.29 is 31.2 Å². The predicted molar refractivity (Wildman–Crippen MR) is 115 cm³/mol. The minimum Gasteiger partial charge on any atom is -0.492 e. The molecule has 1 atom stereocenters. The van der Waals surface area contributed by atoms with Crippen molar-refractivity contribution in [2.75, 3.05) is 21.4 Å². The second kappa shape index (κ2) is 8.31. The average molecular weight is 467 g/mol. The minimum absolute atomic E-state index is 0.0104. The first-order chi connectivity index (χ1) is 14.5. The number of Topliss-reactive ketones (excluding diaryl/α,β-unsaturated/α-hetero) is 1. The molecule has 2 aromatic carbocycles. The minimum atomic E-state index is -4.21. The summed E-state index contributed by atoms with van der Waals surface area (Å²) in [5.74, 6) is -1.85. The molecule has 2 aromatic rings. The molecule has 1 unspecified atom stereocenters. The van der Waals surface area contributed by atoms with Gasteiger partial charge in [0.2, 0.25) is 15.9 Å². The Hall–Kier alpha value is -2.92. The van der Waals surface area contributed by atoms with E-state index in [4.69, 9.17) is 4.74 Å². The van der Waals surface area contributed by atoms with E-state index in [1.807, 2.05) is 0 Å². The van der Waals surface area contributed by atoms with Gasteiger partial charge < -0.3 is 4.74 Å². The normalized spacial score (nSPS) is 18.1.